The zero-order chi connectivity index (χ0) is 14.8. The molecule has 1 saturated heterocycles. The highest BCUT2D eigenvalue weighted by atomic mass is 35.5. The quantitative estimate of drug-likeness (QED) is 0.865. The Kier molecular flexibility index (Phi) is 4.55. The van der Waals surface area contributed by atoms with Gasteiger partial charge in [0.15, 0.2) is 0 Å². The SMILES string of the molecule is CC(C)(C)OC(=O)N1CCNC[C@H]1c1ccc(Cl)cc1. The Hall–Kier alpha value is -1.26. The molecule has 1 atom stereocenters. The number of nitrogens with one attached hydrogen (secondary N) is 1. The third-order valence-corrected chi connectivity index (χ3v) is 3.38. The van der Waals surface area contributed by atoms with Crippen LogP contribution in [-0.2, 0) is 4.74 Å². The van der Waals surface area contributed by atoms with Gasteiger partial charge in [0.25, 0.3) is 0 Å². The fraction of sp³-hybridized carbons (Fsp3) is 0.533. The van der Waals surface area contributed by atoms with E-state index in [1.807, 2.05) is 45.0 Å². The van der Waals surface area contributed by atoms with Crippen LogP contribution in [0.3, 0.4) is 0 Å². The largest absolute Gasteiger partial charge is 0.444 e. The summed E-state index contributed by atoms with van der Waals surface area (Å²) in [4.78, 5) is 14.1. The van der Waals surface area contributed by atoms with Gasteiger partial charge < -0.3 is 10.1 Å². The third kappa shape index (κ3) is 3.87. The molecule has 1 aliphatic rings. The monoisotopic (exact) mass is 296 g/mol. The average Bonchev–Trinajstić information content (AvgIpc) is 2.38. The van der Waals surface area contributed by atoms with E-state index >= 15 is 0 Å². The Bertz CT molecular complexity index is 468. The summed E-state index contributed by atoms with van der Waals surface area (Å²) in [6.45, 7) is 7.78. The number of benzene rings is 1. The van der Waals surface area contributed by atoms with Gasteiger partial charge in [-0.3, -0.25) is 4.90 Å². The zero-order valence-corrected chi connectivity index (χ0v) is 12.9. The van der Waals surface area contributed by atoms with Crippen LogP contribution in [0.5, 0.6) is 0 Å². The molecule has 20 heavy (non-hydrogen) atoms. The van der Waals surface area contributed by atoms with E-state index in [-0.39, 0.29) is 12.1 Å². The van der Waals surface area contributed by atoms with Crippen molar-refractivity contribution in [2.24, 2.45) is 0 Å². The molecular weight excluding hydrogens is 276 g/mol. The van der Waals surface area contributed by atoms with Crippen LogP contribution in [0.4, 0.5) is 4.79 Å². The summed E-state index contributed by atoms with van der Waals surface area (Å²) in [5.41, 5.74) is 0.583. The van der Waals surface area contributed by atoms with Gasteiger partial charge in [-0.15, -0.1) is 0 Å². The summed E-state index contributed by atoms with van der Waals surface area (Å²) in [7, 11) is 0. The van der Waals surface area contributed by atoms with E-state index in [1.165, 1.54) is 0 Å². The van der Waals surface area contributed by atoms with E-state index in [9.17, 15) is 4.79 Å². The lowest BCUT2D eigenvalue weighted by molar-refractivity contribution is 0.0118. The van der Waals surface area contributed by atoms with Crippen molar-refractivity contribution in [3.05, 3.63) is 34.9 Å². The third-order valence-electron chi connectivity index (χ3n) is 3.13. The van der Waals surface area contributed by atoms with E-state index in [4.69, 9.17) is 16.3 Å². The van der Waals surface area contributed by atoms with Gasteiger partial charge in [0.2, 0.25) is 0 Å². The second kappa shape index (κ2) is 6.02. The van der Waals surface area contributed by atoms with Crippen LogP contribution in [0.2, 0.25) is 5.02 Å². The number of halogens is 1. The van der Waals surface area contributed by atoms with Crippen molar-refractivity contribution < 1.29 is 9.53 Å². The van der Waals surface area contributed by atoms with Gasteiger partial charge in [0.1, 0.15) is 5.60 Å². The van der Waals surface area contributed by atoms with Gasteiger partial charge in [-0.05, 0) is 38.5 Å². The highest BCUT2D eigenvalue weighted by Crippen LogP contribution is 2.25. The maximum atomic E-state index is 12.3. The van der Waals surface area contributed by atoms with E-state index in [2.05, 4.69) is 5.32 Å². The number of carbonyl (C=O) groups excluding carboxylic acids is 1. The highest BCUT2D eigenvalue weighted by Gasteiger charge is 2.31. The lowest BCUT2D eigenvalue weighted by atomic mass is 10.0. The predicted molar refractivity (Wildman–Crippen MR) is 80.0 cm³/mol. The van der Waals surface area contributed by atoms with Crippen molar-refractivity contribution in [2.45, 2.75) is 32.4 Å². The number of hydrogen-bond donors (Lipinski definition) is 1. The molecule has 0 unspecified atom stereocenters. The van der Waals surface area contributed by atoms with Crippen molar-refractivity contribution >= 4 is 17.7 Å². The first-order valence-corrected chi connectivity index (χ1v) is 7.20. The summed E-state index contributed by atoms with van der Waals surface area (Å²) >= 11 is 5.92. The topological polar surface area (TPSA) is 41.6 Å². The molecule has 1 aromatic carbocycles. The summed E-state index contributed by atoms with van der Waals surface area (Å²) in [6.07, 6.45) is -0.265. The molecule has 0 bridgehead atoms. The molecule has 0 radical (unpaired) electrons. The van der Waals surface area contributed by atoms with E-state index in [1.54, 1.807) is 4.90 Å². The van der Waals surface area contributed by atoms with Crippen LogP contribution >= 0.6 is 11.6 Å². The molecule has 0 saturated carbocycles. The second-order valence-electron chi connectivity index (χ2n) is 5.95. The summed E-state index contributed by atoms with van der Waals surface area (Å²) in [5, 5.41) is 4.01. The molecule has 110 valence electrons. The molecule has 1 aromatic rings. The highest BCUT2D eigenvalue weighted by molar-refractivity contribution is 6.30. The van der Waals surface area contributed by atoms with Crippen molar-refractivity contribution in [3.63, 3.8) is 0 Å². The van der Waals surface area contributed by atoms with Crippen molar-refractivity contribution in [2.75, 3.05) is 19.6 Å². The first-order valence-electron chi connectivity index (χ1n) is 6.82. The molecule has 2 rings (SSSR count). The van der Waals surface area contributed by atoms with Crippen LogP contribution in [0.15, 0.2) is 24.3 Å². The Morgan fingerprint density at radius 1 is 1.35 bits per heavy atom. The molecule has 1 aliphatic heterocycles. The van der Waals surface area contributed by atoms with Gasteiger partial charge in [-0.25, -0.2) is 4.79 Å². The van der Waals surface area contributed by atoms with Gasteiger partial charge >= 0.3 is 6.09 Å². The normalized spacial score (nSPS) is 19.8. The molecule has 0 aliphatic carbocycles. The van der Waals surface area contributed by atoms with Gasteiger partial charge in [-0.1, -0.05) is 23.7 Å². The number of ether oxygens (including phenoxy) is 1. The molecule has 0 spiro atoms. The van der Waals surface area contributed by atoms with Gasteiger partial charge in [0, 0.05) is 24.7 Å². The van der Waals surface area contributed by atoms with Crippen molar-refractivity contribution in [3.8, 4) is 0 Å². The van der Waals surface area contributed by atoms with Crippen LogP contribution in [0.25, 0.3) is 0 Å². The molecule has 0 aromatic heterocycles. The summed E-state index contributed by atoms with van der Waals surface area (Å²) < 4.78 is 5.49. The second-order valence-corrected chi connectivity index (χ2v) is 6.38. The molecule has 1 heterocycles. The number of carbonyl (C=O) groups is 1. The molecule has 5 heteroatoms. The number of rotatable bonds is 1. The minimum Gasteiger partial charge on any atom is -0.444 e. The Morgan fingerprint density at radius 2 is 2.00 bits per heavy atom. The van der Waals surface area contributed by atoms with Crippen LogP contribution < -0.4 is 5.32 Å². The Morgan fingerprint density at radius 3 is 2.60 bits per heavy atom. The maximum Gasteiger partial charge on any atom is 0.410 e. The lowest BCUT2D eigenvalue weighted by Gasteiger charge is -2.37. The Balaban J connectivity index is 2.16. The first-order chi connectivity index (χ1) is 9.37. The maximum absolute atomic E-state index is 12.3. The van der Waals surface area contributed by atoms with E-state index in [0.29, 0.717) is 11.6 Å². The van der Waals surface area contributed by atoms with Crippen LogP contribution in [0, 0.1) is 0 Å². The summed E-state index contributed by atoms with van der Waals surface area (Å²) in [6, 6.07) is 7.59. The van der Waals surface area contributed by atoms with Gasteiger partial charge in [-0.2, -0.15) is 0 Å². The molecule has 1 fully saturated rings. The minimum atomic E-state index is -0.480. The number of piperazine rings is 1. The molecule has 1 N–H and O–H groups in total. The van der Waals surface area contributed by atoms with Crippen molar-refractivity contribution in [1.82, 2.24) is 10.2 Å². The van der Waals surface area contributed by atoms with Gasteiger partial charge in [0.05, 0.1) is 6.04 Å². The molecule has 1 amide bonds. The molecular formula is C15H21ClN2O2. The smallest absolute Gasteiger partial charge is 0.410 e. The fourth-order valence-electron chi connectivity index (χ4n) is 2.23. The van der Waals surface area contributed by atoms with Crippen LogP contribution in [0.1, 0.15) is 32.4 Å². The molecule has 4 nitrogen and oxygen atoms in total. The number of hydrogen-bond acceptors (Lipinski definition) is 3. The summed E-state index contributed by atoms with van der Waals surface area (Å²) in [5.74, 6) is 0. The fourth-order valence-corrected chi connectivity index (χ4v) is 2.35. The van der Waals surface area contributed by atoms with E-state index in [0.717, 1.165) is 18.7 Å². The van der Waals surface area contributed by atoms with Crippen molar-refractivity contribution in [1.29, 1.82) is 0 Å². The number of nitrogens with zero attached hydrogens (tertiary/aromatic N) is 1. The van der Waals surface area contributed by atoms with E-state index < -0.39 is 5.60 Å². The lowest BCUT2D eigenvalue weighted by Crippen LogP contribution is -2.50. The number of amides is 1. The minimum absolute atomic E-state index is 0.0177. The zero-order valence-electron chi connectivity index (χ0n) is 12.1. The Labute approximate surface area is 125 Å². The predicted octanol–water partition coefficient (Wildman–Crippen LogP) is 3.22. The van der Waals surface area contributed by atoms with Crippen LogP contribution in [-0.4, -0.2) is 36.2 Å². The first kappa shape index (κ1) is 15.1. The average molecular weight is 297 g/mol. The standard InChI is InChI=1S/C15H21ClN2O2/c1-15(2,3)20-14(19)18-9-8-17-10-13(18)11-4-6-12(16)7-5-11/h4-7,13,17H,8-10H2,1-3H3/t13-/m0/s1.